The SMILES string of the molecule is Cc1cc2nc(N(Cc3cccnc3)C(=O)CCCS(=O)(=O)c3ccccc3)sc2cc1C. The van der Waals surface area contributed by atoms with Gasteiger partial charge in [-0.2, -0.15) is 0 Å². The van der Waals surface area contributed by atoms with Crippen LogP contribution < -0.4 is 4.90 Å². The molecule has 0 saturated heterocycles. The van der Waals surface area contributed by atoms with Crippen molar-refractivity contribution in [3.63, 3.8) is 0 Å². The second kappa shape index (κ2) is 9.80. The highest BCUT2D eigenvalue weighted by Crippen LogP contribution is 2.32. The minimum Gasteiger partial charge on any atom is -0.284 e. The summed E-state index contributed by atoms with van der Waals surface area (Å²) in [5, 5.41) is 0.606. The van der Waals surface area contributed by atoms with Gasteiger partial charge in [-0.3, -0.25) is 14.7 Å². The molecule has 4 aromatic rings. The number of nitrogens with zero attached hydrogens (tertiary/aromatic N) is 3. The molecule has 6 nitrogen and oxygen atoms in total. The molecule has 0 fully saturated rings. The van der Waals surface area contributed by atoms with E-state index in [1.54, 1.807) is 47.6 Å². The number of aryl methyl sites for hydroxylation is 2. The van der Waals surface area contributed by atoms with E-state index in [2.05, 4.69) is 18.0 Å². The number of carbonyl (C=O) groups excluding carboxylic acids is 1. The normalized spacial score (nSPS) is 11.6. The molecule has 0 aliphatic carbocycles. The second-order valence-electron chi connectivity index (χ2n) is 7.98. The molecule has 1 amide bonds. The largest absolute Gasteiger partial charge is 0.284 e. The third-order valence-electron chi connectivity index (χ3n) is 5.49. The summed E-state index contributed by atoms with van der Waals surface area (Å²) in [6.45, 7) is 4.43. The Morgan fingerprint density at radius 1 is 1.03 bits per heavy atom. The van der Waals surface area contributed by atoms with Crippen LogP contribution in [0.2, 0.25) is 0 Å². The topological polar surface area (TPSA) is 80.2 Å². The summed E-state index contributed by atoms with van der Waals surface area (Å²) in [5.41, 5.74) is 4.06. The highest BCUT2D eigenvalue weighted by atomic mass is 32.2. The number of anilines is 1. The number of sulfone groups is 1. The summed E-state index contributed by atoms with van der Waals surface area (Å²) in [5.74, 6) is -0.239. The number of aromatic nitrogens is 2. The Bertz CT molecular complexity index is 1330. The molecule has 0 bridgehead atoms. The number of pyridine rings is 1. The van der Waals surface area contributed by atoms with Gasteiger partial charge in [0.25, 0.3) is 0 Å². The van der Waals surface area contributed by atoms with Gasteiger partial charge in [0.15, 0.2) is 15.0 Å². The van der Waals surface area contributed by atoms with E-state index in [4.69, 9.17) is 4.98 Å². The van der Waals surface area contributed by atoms with Crippen molar-refractivity contribution in [3.8, 4) is 0 Å². The Kier molecular flexibility index (Phi) is 6.85. The third-order valence-corrected chi connectivity index (χ3v) is 8.35. The summed E-state index contributed by atoms with van der Waals surface area (Å²) in [7, 11) is -3.43. The van der Waals surface area contributed by atoms with Crippen LogP contribution in [0, 0.1) is 13.8 Å². The Hall–Kier alpha value is -3.10. The summed E-state index contributed by atoms with van der Waals surface area (Å²) < 4.78 is 26.2. The molecular weight excluding hydrogens is 454 g/mol. The zero-order valence-electron chi connectivity index (χ0n) is 18.6. The Morgan fingerprint density at radius 3 is 2.52 bits per heavy atom. The van der Waals surface area contributed by atoms with Crippen molar-refractivity contribution in [3.05, 3.63) is 83.7 Å². The van der Waals surface area contributed by atoms with Crippen molar-refractivity contribution in [1.29, 1.82) is 0 Å². The van der Waals surface area contributed by atoms with E-state index in [0.717, 1.165) is 21.3 Å². The fourth-order valence-corrected chi connectivity index (χ4v) is 5.91. The van der Waals surface area contributed by atoms with Gasteiger partial charge in [0.1, 0.15) is 0 Å². The van der Waals surface area contributed by atoms with Crippen molar-refractivity contribution in [2.24, 2.45) is 0 Å². The molecule has 0 atom stereocenters. The average molecular weight is 480 g/mol. The Morgan fingerprint density at radius 2 is 1.79 bits per heavy atom. The maximum absolute atomic E-state index is 13.3. The van der Waals surface area contributed by atoms with Gasteiger partial charge in [0, 0.05) is 18.8 Å². The first kappa shape index (κ1) is 23.1. The molecule has 2 aromatic heterocycles. The molecule has 33 heavy (non-hydrogen) atoms. The number of fused-ring (bicyclic) bond motifs is 1. The second-order valence-corrected chi connectivity index (χ2v) is 11.1. The lowest BCUT2D eigenvalue weighted by Gasteiger charge is -2.20. The van der Waals surface area contributed by atoms with Gasteiger partial charge in [0.2, 0.25) is 5.91 Å². The summed E-state index contributed by atoms with van der Waals surface area (Å²) >= 11 is 1.47. The van der Waals surface area contributed by atoms with Gasteiger partial charge in [-0.15, -0.1) is 0 Å². The van der Waals surface area contributed by atoms with E-state index < -0.39 is 9.84 Å². The summed E-state index contributed by atoms with van der Waals surface area (Å²) in [6.07, 6.45) is 3.76. The first-order valence-corrected chi connectivity index (χ1v) is 13.2. The standard InChI is InChI=1S/C25H25N3O3S2/c1-18-14-22-23(15-19(18)2)32-25(27-22)28(17-20-8-6-12-26-16-20)24(29)11-7-13-33(30,31)21-9-4-3-5-10-21/h3-6,8-10,12,14-16H,7,11,13,17H2,1-2H3. The van der Waals surface area contributed by atoms with Gasteiger partial charge >= 0.3 is 0 Å². The summed E-state index contributed by atoms with van der Waals surface area (Å²) in [4.78, 5) is 24.1. The average Bonchev–Trinajstić information content (AvgIpc) is 3.21. The fourth-order valence-electron chi connectivity index (χ4n) is 3.51. The molecule has 2 heterocycles. The van der Waals surface area contributed by atoms with E-state index in [0.29, 0.717) is 11.7 Å². The quantitative estimate of drug-likeness (QED) is 0.351. The van der Waals surface area contributed by atoms with Crippen LogP contribution in [0.5, 0.6) is 0 Å². The van der Waals surface area contributed by atoms with Crippen LogP contribution in [0.1, 0.15) is 29.5 Å². The molecule has 4 rings (SSSR count). The zero-order chi connectivity index (χ0) is 23.4. The van der Waals surface area contributed by atoms with Crippen LogP contribution in [0.3, 0.4) is 0 Å². The highest BCUT2D eigenvalue weighted by Gasteiger charge is 2.22. The van der Waals surface area contributed by atoms with Crippen LogP contribution in [0.15, 0.2) is 71.9 Å². The van der Waals surface area contributed by atoms with Crippen LogP contribution in [0.25, 0.3) is 10.2 Å². The number of thiazole rings is 1. The number of hydrogen-bond donors (Lipinski definition) is 0. The molecule has 0 spiro atoms. The van der Waals surface area contributed by atoms with Crippen molar-refractivity contribution in [2.75, 3.05) is 10.7 Å². The van der Waals surface area contributed by atoms with Gasteiger partial charge in [-0.25, -0.2) is 13.4 Å². The van der Waals surface area contributed by atoms with Gasteiger partial charge < -0.3 is 0 Å². The number of benzene rings is 2. The van der Waals surface area contributed by atoms with Crippen LogP contribution in [0.4, 0.5) is 5.13 Å². The van der Waals surface area contributed by atoms with Crippen LogP contribution >= 0.6 is 11.3 Å². The number of rotatable bonds is 8. The van der Waals surface area contributed by atoms with Crippen molar-refractivity contribution in [1.82, 2.24) is 9.97 Å². The molecule has 0 radical (unpaired) electrons. The first-order chi connectivity index (χ1) is 15.8. The maximum Gasteiger partial charge on any atom is 0.229 e. The summed E-state index contributed by atoms with van der Waals surface area (Å²) in [6, 6.07) is 16.2. The molecule has 2 aromatic carbocycles. The lowest BCUT2D eigenvalue weighted by molar-refractivity contribution is -0.118. The molecule has 0 unspecified atom stereocenters. The van der Waals surface area contributed by atoms with Gasteiger partial charge in [0.05, 0.1) is 27.4 Å². The third kappa shape index (κ3) is 5.46. The smallest absolute Gasteiger partial charge is 0.229 e. The Labute approximate surface area is 197 Å². The lowest BCUT2D eigenvalue weighted by Crippen LogP contribution is -2.30. The lowest BCUT2D eigenvalue weighted by atomic mass is 10.1. The Balaban J connectivity index is 1.55. The van der Waals surface area contributed by atoms with Crippen LogP contribution in [-0.4, -0.2) is 30.0 Å². The minimum atomic E-state index is -3.43. The predicted octanol–water partition coefficient (Wildman–Crippen LogP) is 5.10. The van der Waals surface area contributed by atoms with E-state index >= 15 is 0 Å². The van der Waals surface area contributed by atoms with E-state index in [1.807, 2.05) is 25.1 Å². The fraction of sp³-hybridized carbons (Fsp3) is 0.240. The highest BCUT2D eigenvalue weighted by molar-refractivity contribution is 7.91. The maximum atomic E-state index is 13.3. The molecule has 170 valence electrons. The van der Waals surface area contributed by atoms with Gasteiger partial charge in [-0.1, -0.05) is 35.6 Å². The first-order valence-electron chi connectivity index (χ1n) is 10.7. The monoisotopic (exact) mass is 479 g/mol. The van der Waals surface area contributed by atoms with E-state index in [1.165, 1.54) is 16.9 Å². The number of hydrogen-bond acceptors (Lipinski definition) is 6. The van der Waals surface area contributed by atoms with Crippen molar-refractivity contribution >= 4 is 42.4 Å². The van der Waals surface area contributed by atoms with Crippen molar-refractivity contribution in [2.45, 2.75) is 38.1 Å². The van der Waals surface area contributed by atoms with Crippen LogP contribution in [-0.2, 0) is 21.2 Å². The molecular formula is C25H25N3O3S2. The molecule has 8 heteroatoms. The molecule has 0 aliphatic heterocycles. The van der Waals surface area contributed by atoms with Gasteiger partial charge in [-0.05, 0) is 67.3 Å². The molecule has 0 aliphatic rings. The number of carbonyl (C=O) groups is 1. The molecule has 0 N–H and O–H groups in total. The van der Waals surface area contributed by atoms with Crippen molar-refractivity contribution < 1.29 is 13.2 Å². The molecule has 0 saturated carbocycles. The van der Waals surface area contributed by atoms with E-state index in [9.17, 15) is 13.2 Å². The predicted molar refractivity (Wildman–Crippen MR) is 132 cm³/mol. The number of amides is 1. The minimum absolute atomic E-state index is 0.0816. The van der Waals surface area contributed by atoms with E-state index in [-0.39, 0.29) is 29.4 Å². The zero-order valence-corrected chi connectivity index (χ0v) is 20.2.